The van der Waals surface area contributed by atoms with E-state index in [-0.39, 0.29) is 11.5 Å². The Bertz CT molecular complexity index is 1050. The quantitative estimate of drug-likeness (QED) is 0.638. The van der Waals surface area contributed by atoms with Crippen molar-refractivity contribution in [2.45, 2.75) is 33.2 Å². The molecule has 1 aliphatic rings. The maximum atomic E-state index is 12.9. The Morgan fingerprint density at radius 2 is 2.00 bits per heavy atom. The SMILES string of the molecule is CCCc1nc(C)c(C(=O)N2CCN(Cc3cc(=O)n4ccsc4n3)CC2)s1. The van der Waals surface area contributed by atoms with Crippen molar-refractivity contribution in [1.82, 2.24) is 24.2 Å². The zero-order valence-electron chi connectivity index (χ0n) is 16.1. The molecule has 1 aliphatic heterocycles. The van der Waals surface area contributed by atoms with Crippen molar-refractivity contribution in [1.29, 1.82) is 0 Å². The number of aromatic nitrogens is 3. The summed E-state index contributed by atoms with van der Waals surface area (Å²) < 4.78 is 1.56. The van der Waals surface area contributed by atoms with E-state index >= 15 is 0 Å². The molecule has 0 bridgehead atoms. The van der Waals surface area contributed by atoms with E-state index in [9.17, 15) is 9.59 Å². The van der Waals surface area contributed by atoms with Gasteiger partial charge >= 0.3 is 0 Å². The molecule has 0 radical (unpaired) electrons. The second kappa shape index (κ2) is 8.10. The summed E-state index contributed by atoms with van der Waals surface area (Å²) >= 11 is 2.99. The first-order valence-electron chi connectivity index (χ1n) is 9.49. The zero-order chi connectivity index (χ0) is 19.7. The Hall–Kier alpha value is -2.10. The van der Waals surface area contributed by atoms with Crippen molar-refractivity contribution in [3.8, 4) is 0 Å². The highest BCUT2D eigenvalue weighted by atomic mass is 32.1. The van der Waals surface area contributed by atoms with Gasteiger partial charge in [0, 0.05) is 50.4 Å². The molecule has 4 rings (SSSR count). The minimum absolute atomic E-state index is 0.0429. The minimum Gasteiger partial charge on any atom is -0.335 e. The summed E-state index contributed by atoms with van der Waals surface area (Å²) in [4.78, 5) is 39.8. The van der Waals surface area contributed by atoms with E-state index in [1.54, 1.807) is 16.7 Å². The molecule has 0 unspecified atom stereocenters. The average Bonchev–Trinajstić information content (AvgIpc) is 3.29. The molecular weight excluding hydrogens is 394 g/mol. The first kappa shape index (κ1) is 19.2. The summed E-state index contributed by atoms with van der Waals surface area (Å²) in [5.41, 5.74) is 1.59. The topological polar surface area (TPSA) is 70.8 Å². The maximum absolute atomic E-state index is 12.9. The van der Waals surface area contributed by atoms with Crippen LogP contribution in [0.5, 0.6) is 0 Å². The lowest BCUT2D eigenvalue weighted by Crippen LogP contribution is -2.48. The summed E-state index contributed by atoms with van der Waals surface area (Å²) in [6.45, 7) is 7.58. The molecule has 0 spiro atoms. The molecule has 0 saturated carbocycles. The van der Waals surface area contributed by atoms with Crippen LogP contribution in [0, 0.1) is 6.92 Å². The summed E-state index contributed by atoms with van der Waals surface area (Å²) in [5, 5.41) is 2.91. The zero-order valence-corrected chi connectivity index (χ0v) is 17.7. The van der Waals surface area contributed by atoms with Crippen molar-refractivity contribution in [3.63, 3.8) is 0 Å². The third-order valence-corrected chi connectivity index (χ3v) is 6.86. The van der Waals surface area contributed by atoms with Gasteiger partial charge in [-0.05, 0) is 19.8 Å². The first-order chi connectivity index (χ1) is 13.5. The summed E-state index contributed by atoms with van der Waals surface area (Å²) in [6.07, 6.45) is 3.71. The second-order valence-corrected chi connectivity index (χ2v) is 8.94. The lowest BCUT2D eigenvalue weighted by Gasteiger charge is -2.34. The number of aryl methyl sites for hydroxylation is 2. The fourth-order valence-corrected chi connectivity index (χ4v) is 5.29. The molecule has 0 aliphatic carbocycles. The van der Waals surface area contributed by atoms with E-state index in [4.69, 9.17) is 0 Å². The smallest absolute Gasteiger partial charge is 0.265 e. The summed E-state index contributed by atoms with van der Waals surface area (Å²) in [7, 11) is 0. The van der Waals surface area contributed by atoms with E-state index in [0.717, 1.165) is 52.2 Å². The predicted octanol–water partition coefficient (Wildman–Crippen LogP) is 2.43. The molecule has 1 fully saturated rings. The van der Waals surface area contributed by atoms with Gasteiger partial charge in [0.25, 0.3) is 11.5 Å². The Balaban J connectivity index is 1.38. The van der Waals surface area contributed by atoms with Crippen LogP contribution in [0.25, 0.3) is 4.96 Å². The number of piperazine rings is 1. The highest BCUT2D eigenvalue weighted by molar-refractivity contribution is 7.15. The Morgan fingerprint density at radius 3 is 2.75 bits per heavy atom. The van der Waals surface area contributed by atoms with E-state index in [0.29, 0.717) is 19.6 Å². The lowest BCUT2D eigenvalue weighted by atomic mass is 10.2. The van der Waals surface area contributed by atoms with Gasteiger partial charge in [0.05, 0.1) is 16.4 Å². The van der Waals surface area contributed by atoms with Gasteiger partial charge in [-0.2, -0.15) is 0 Å². The van der Waals surface area contributed by atoms with Crippen LogP contribution in [0.4, 0.5) is 0 Å². The van der Waals surface area contributed by atoms with Gasteiger partial charge in [-0.1, -0.05) is 6.92 Å². The molecule has 28 heavy (non-hydrogen) atoms. The third kappa shape index (κ3) is 3.87. The first-order valence-corrected chi connectivity index (χ1v) is 11.2. The number of fused-ring (bicyclic) bond motifs is 1. The average molecular weight is 418 g/mol. The fraction of sp³-hybridized carbons (Fsp3) is 0.474. The number of hydrogen-bond acceptors (Lipinski definition) is 7. The summed E-state index contributed by atoms with van der Waals surface area (Å²) in [6, 6.07) is 1.60. The van der Waals surface area contributed by atoms with Crippen LogP contribution in [0.3, 0.4) is 0 Å². The van der Waals surface area contributed by atoms with Crippen LogP contribution in [0.2, 0.25) is 0 Å². The van der Waals surface area contributed by atoms with Crippen molar-refractivity contribution >= 4 is 33.5 Å². The normalized spacial score (nSPS) is 15.4. The maximum Gasteiger partial charge on any atom is 0.265 e. The number of thiazole rings is 2. The van der Waals surface area contributed by atoms with Crippen LogP contribution < -0.4 is 5.56 Å². The van der Waals surface area contributed by atoms with Crippen molar-refractivity contribution in [2.24, 2.45) is 0 Å². The molecule has 4 heterocycles. The van der Waals surface area contributed by atoms with Gasteiger partial charge in [-0.25, -0.2) is 9.97 Å². The molecule has 7 nitrogen and oxygen atoms in total. The Morgan fingerprint density at radius 1 is 1.21 bits per heavy atom. The van der Waals surface area contributed by atoms with E-state index in [2.05, 4.69) is 21.8 Å². The monoisotopic (exact) mass is 417 g/mol. The van der Waals surface area contributed by atoms with Crippen LogP contribution in [0.1, 0.15) is 39.4 Å². The predicted molar refractivity (Wildman–Crippen MR) is 111 cm³/mol. The van der Waals surface area contributed by atoms with Gasteiger partial charge in [0.1, 0.15) is 4.88 Å². The van der Waals surface area contributed by atoms with Crippen LogP contribution in [-0.2, 0) is 13.0 Å². The molecule has 148 valence electrons. The van der Waals surface area contributed by atoms with Gasteiger partial charge in [0.15, 0.2) is 4.96 Å². The van der Waals surface area contributed by atoms with Gasteiger partial charge < -0.3 is 4.90 Å². The molecule has 1 saturated heterocycles. The van der Waals surface area contributed by atoms with Crippen molar-refractivity contribution in [2.75, 3.05) is 26.2 Å². The lowest BCUT2D eigenvalue weighted by molar-refractivity contribution is 0.0631. The highest BCUT2D eigenvalue weighted by Crippen LogP contribution is 2.22. The van der Waals surface area contributed by atoms with E-state index in [1.807, 2.05) is 17.2 Å². The number of nitrogens with zero attached hydrogens (tertiary/aromatic N) is 5. The molecule has 3 aromatic heterocycles. The number of hydrogen-bond donors (Lipinski definition) is 0. The van der Waals surface area contributed by atoms with Crippen LogP contribution in [-0.4, -0.2) is 56.3 Å². The minimum atomic E-state index is -0.0429. The molecule has 3 aromatic rings. The van der Waals surface area contributed by atoms with E-state index < -0.39 is 0 Å². The van der Waals surface area contributed by atoms with Gasteiger partial charge in [0.2, 0.25) is 0 Å². The molecule has 1 amide bonds. The van der Waals surface area contributed by atoms with Crippen molar-refractivity contribution in [3.05, 3.63) is 49.3 Å². The number of carbonyl (C=O) groups excluding carboxylic acids is 1. The Kier molecular flexibility index (Phi) is 5.56. The van der Waals surface area contributed by atoms with E-state index in [1.165, 1.54) is 22.7 Å². The van der Waals surface area contributed by atoms with Gasteiger partial charge in [-0.3, -0.25) is 18.9 Å². The van der Waals surface area contributed by atoms with Gasteiger partial charge in [-0.15, -0.1) is 22.7 Å². The largest absolute Gasteiger partial charge is 0.335 e. The molecule has 0 N–H and O–H groups in total. The second-order valence-electron chi connectivity index (χ2n) is 6.98. The Labute approximate surface area is 171 Å². The van der Waals surface area contributed by atoms with Crippen molar-refractivity contribution < 1.29 is 4.79 Å². The molecule has 0 atom stereocenters. The summed E-state index contributed by atoms with van der Waals surface area (Å²) in [5.74, 6) is 0.0911. The standard InChI is InChI=1S/C19H23N5O2S2/c1-3-4-15-20-13(2)17(28-15)18(26)23-7-5-22(6-8-23)12-14-11-16(25)24-9-10-27-19(24)21-14/h9-11H,3-8,12H2,1-2H3. The third-order valence-electron chi connectivity index (χ3n) is 4.90. The highest BCUT2D eigenvalue weighted by Gasteiger charge is 2.25. The molecule has 9 heteroatoms. The van der Waals surface area contributed by atoms with Crippen LogP contribution >= 0.6 is 22.7 Å². The van der Waals surface area contributed by atoms with Crippen LogP contribution in [0.15, 0.2) is 22.4 Å². The fourth-order valence-electron chi connectivity index (χ4n) is 3.42. The number of carbonyl (C=O) groups is 1. The molecular formula is C19H23N5O2S2. The number of amides is 1. The molecule has 0 aromatic carbocycles. The number of rotatable bonds is 5.